The van der Waals surface area contributed by atoms with E-state index in [2.05, 4.69) is 16.6 Å². The normalized spacial score (nSPS) is 12.7. The lowest BCUT2D eigenvalue weighted by atomic mass is 10.2. The first-order valence-electron chi connectivity index (χ1n) is 4.49. The monoisotopic (exact) mass is 186 g/mol. The Morgan fingerprint density at radius 1 is 1.43 bits per heavy atom. The second-order valence-electron chi connectivity index (χ2n) is 3.01. The first-order chi connectivity index (χ1) is 6.74. The topological polar surface area (TPSA) is 25.2 Å². The SMILES string of the molecule is C=C/C(C)=C\N=C(C)c1ccccn1. The van der Waals surface area contributed by atoms with Crippen LogP contribution in [0.2, 0.25) is 0 Å². The highest BCUT2D eigenvalue weighted by molar-refractivity contribution is 5.97. The molecule has 0 aliphatic carbocycles. The van der Waals surface area contributed by atoms with Gasteiger partial charge in [-0.25, -0.2) is 0 Å². The fraction of sp³-hybridized carbons (Fsp3) is 0.167. The van der Waals surface area contributed by atoms with E-state index >= 15 is 0 Å². The minimum absolute atomic E-state index is 0.903. The largest absolute Gasteiger partial charge is 0.259 e. The van der Waals surface area contributed by atoms with Gasteiger partial charge in [-0.3, -0.25) is 9.98 Å². The zero-order chi connectivity index (χ0) is 10.4. The Morgan fingerprint density at radius 2 is 2.21 bits per heavy atom. The molecule has 0 aliphatic heterocycles. The van der Waals surface area contributed by atoms with E-state index in [1.807, 2.05) is 32.0 Å². The summed E-state index contributed by atoms with van der Waals surface area (Å²) < 4.78 is 0. The van der Waals surface area contributed by atoms with Crippen LogP contribution in [0.1, 0.15) is 19.5 Å². The van der Waals surface area contributed by atoms with Crippen LogP contribution >= 0.6 is 0 Å². The molecule has 1 aromatic heterocycles. The van der Waals surface area contributed by atoms with E-state index in [0.29, 0.717) is 0 Å². The molecule has 0 N–H and O–H groups in total. The lowest BCUT2D eigenvalue weighted by Crippen LogP contribution is -1.96. The maximum absolute atomic E-state index is 4.29. The number of aliphatic imine (C=N–C) groups is 1. The number of aromatic nitrogens is 1. The van der Waals surface area contributed by atoms with Crippen molar-refractivity contribution in [2.24, 2.45) is 4.99 Å². The van der Waals surface area contributed by atoms with Crippen LogP contribution in [0.3, 0.4) is 0 Å². The maximum atomic E-state index is 4.29. The van der Waals surface area contributed by atoms with E-state index in [1.165, 1.54) is 0 Å². The van der Waals surface area contributed by atoms with Crippen molar-refractivity contribution in [3.63, 3.8) is 0 Å². The molecule has 0 unspecified atom stereocenters. The Bertz CT molecular complexity index is 361. The van der Waals surface area contributed by atoms with Crippen molar-refractivity contribution in [2.75, 3.05) is 0 Å². The second kappa shape index (κ2) is 5.12. The molecule has 0 aliphatic rings. The van der Waals surface area contributed by atoms with E-state index in [0.717, 1.165) is 17.0 Å². The van der Waals surface area contributed by atoms with Crippen molar-refractivity contribution in [2.45, 2.75) is 13.8 Å². The Morgan fingerprint density at radius 3 is 2.79 bits per heavy atom. The number of hydrogen-bond donors (Lipinski definition) is 0. The molecule has 0 spiro atoms. The van der Waals surface area contributed by atoms with Crippen molar-refractivity contribution in [3.8, 4) is 0 Å². The Balaban J connectivity index is 2.86. The molecule has 0 radical (unpaired) electrons. The van der Waals surface area contributed by atoms with E-state index in [-0.39, 0.29) is 0 Å². The summed E-state index contributed by atoms with van der Waals surface area (Å²) in [5, 5.41) is 0. The third-order valence-corrected chi connectivity index (χ3v) is 1.82. The summed E-state index contributed by atoms with van der Waals surface area (Å²) in [5.41, 5.74) is 2.85. The Hall–Kier alpha value is -1.70. The van der Waals surface area contributed by atoms with Crippen LogP contribution in [0, 0.1) is 0 Å². The first-order valence-corrected chi connectivity index (χ1v) is 4.49. The fourth-order valence-electron chi connectivity index (χ4n) is 0.894. The number of allylic oxidation sites excluding steroid dienone is 2. The predicted octanol–water partition coefficient (Wildman–Crippen LogP) is 2.98. The zero-order valence-electron chi connectivity index (χ0n) is 8.57. The van der Waals surface area contributed by atoms with E-state index < -0.39 is 0 Å². The van der Waals surface area contributed by atoms with E-state index in [1.54, 1.807) is 18.5 Å². The molecule has 1 rings (SSSR count). The molecule has 0 amide bonds. The highest BCUT2D eigenvalue weighted by atomic mass is 14.8. The number of nitrogens with zero attached hydrogens (tertiary/aromatic N) is 2. The maximum Gasteiger partial charge on any atom is 0.0841 e. The third-order valence-electron chi connectivity index (χ3n) is 1.82. The quantitative estimate of drug-likeness (QED) is 0.526. The van der Waals surface area contributed by atoms with Crippen LogP contribution in [0.5, 0.6) is 0 Å². The molecule has 2 heteroatoms. The van der Waals surface area contributed by atoms with E-state index in [4.69, 9.17) is 0 Å². The molecule has 1 aromatic rings. The van der Waals surface area contributed by atoms with Gasteiger partial charge in [0.05, 0.1) is 11.4 Å². The zero-order valence-corrected chi connectivity index (χ0v) is 8.57. The molecular formula is C12H14N2. The Kier molecular flexibility index (Phi) is 3.80. The van der Waals surface area contributed by atoms with Crippen LogP contribution in [-0.4, -0.2) is 10.7 Å². The van der Waals surface area contributed by atoms with Gasteiger partial charge in [0.25, 0.3) is 0 Å². The number of hydrogen-bond acceptors (Lipinski definition) is 2. The predicted molar refractivity (Wildman–Crippen MR) is 60.4 cm³/mol. The highest BCUT2D eigenvalue weighted by Gasteiger charge is 1.94. The molecule has 14 heavy (non-hydrogen) atoms. The summed E-state index contributed by atoms with van der Waals surface area (Å²) in [4.78, 5) is 8.48. The molecule has 0 saturated heterocycles. The minimum atomic E-state index is 0.903. The van der Waals surface area contributed by atoms with Gasteiger partial charge in [0.2, 0.25) is 0 Å². The summed E-state index contributed by atoms with van der Waals surface area (Å²) in [5.74, 6) is 0. The lowest BCUT2D eigenvalue weighted by Gasteiger charge is -1.96. The van der Waals surface area contributed by atoms with Gasteiger partial charge in [-0.05, 0) is 31.6 Å². The average Bonchev–Trinajstić information content (AvgIpc) is 2.26. The molecule has 0 fully saturated rings. The van der Waals surface area contributed by atoms with Gasteiger partial charge in [0.1, 0.15) is 0 Å². The summed E-state index contributed by atoms with van der Waals surface area (Å²) >= 11 is 0. The third kappa shape index (κ3) is 2.98. The number of pyridine rings is 1. The van der Waals surface area contributed by atoms with Crippen molar-refractivity contribution >= 4 is 5.71 Å². The molecular weight excluding hydrogens is 172 g/mol. The van der Waals surface area contributed by atoms with Crippen molar-refractivity contribution in [1.82, 2.24) is 4.98 Å². The van der Waals surface area contributed by atoms with Crippen LogP contribution in [-0.2, 0) is 0 Å². The van der Waals surface area contributed by atoms with Gasteiger partial charge in [-0.2, -0.15) is 0 Å². The minimum Gasteiger partial charge on any atom is -0.259 e. The van der Waals surface area contributed by atoms with Crippen LogP contribution in [0.15, 0.2) is 53.8 Å². The molecule has 0 saturated carbocycles. The Labute approximate surface area is 84.7 Å². The smallest absolute Gasteiger partial charge is 0.0841 e. The summed E-state index contributed by atoms with van der Waals surface area (Å²) in [7, 11) is 0. The molecule has 1 heterocycles. The number of rotatable bonds is 3. The molecule has 0 bridgehead atoms. The highest BCUT2D eigenvalue weighted by Crippen LogP contribution is 1.99. The van der Waals surface area contributed by atoms with Gasteiger partial charge >= 0.3 is 0 Å². The van der Waals surface area contributed by atoms with Gasteiger partial charge in [-0.1, -0.05) is 18.7 Å². The fourth-order valence-corrected chi connectivity index (χ4v) is 0.894. The van der Waals surface area contributed by atoms with Crippen molar-refractivity contribution in [1.29, 1.82) is 0 Å². The average molecular weight is 186 g/mol. The van der Waals surface area contributed by atoms with Crippen LogP contribution < -0.4 is 0 Å². The van der Waals surface area contributed by atoms with Crippen LogP contribution in [0.4, 0.5) is 0 Å². The standard InChI is InChI=1S/C12H14N2/c1-4-10(2)9-14-11(3)12-7-5-6-8-13-12/h4-9H,1H2,2-3H3/b10-9-,14-11?. The lowest BCUT2D eigenvalue weighted by molar-refractivity contribution is 1.27. The molecule has 0 atom stereocenters. The van der Waals surface area contributed by atoms with E-state index in [9.17, 15) is 0 Å². The van der Waals surface area contributed by atoms with Crippen LogP contribution in [0.25, 0.3) is 0 Å². The summed E-state index contributed by atoms with van der Waals surface area (Å²) in [6.07, 6.45) is 5.32. The van der Waals surface area contributed by atoms with Gasteiger partial charge in [0.15, 0.2) is 0 Å². The van der Waals surface area contributed by atoms with Gasteiger partial charge < -0.3 is 0 Å². The first kappa shape index (κ1) is 10.4. The molecule has 0 aromatic carbocycles. The second-order valence-corrected chi connectivity index (χ2v) is 3.01. The summed E-state index contributed by atoms with van der Waals surface area (Å²) in [6, 6.07) is 5.78. The summed E-state index contributed by atoms with van der Waals surface area (Å²) in [6.45, 7) is 7.56. The van der Waals surface area contributed by atoms with Crippen molar-refractivity contribution < 1.29 is 0 Å². The molecule has 2 nitrogen and oxygen atoms in total. The van der Waals surface area contributed by atoms with Crippen molar-refractivity contribution in [3.05, 3.63) is 54.5 Å². The van der Waals surface area contributed by atoms with Gasteiger partial charge in [0, 0.05) is 12.4 Å². The van der Waals surface area contributed by atoms with Gasteiger partial charge in [-0.15, -0.1) is 0 Å². The molecule has 72 valence electrons.